The summed E-state index contributed by atoms with van der Waals surface area (Å²) in [5, 5.41) is 17.4. The molecular formula is C21H14Br2F3N5. The van der Waals surface area contributed by atoms with Crippen molar-refractivity contribution < 1.29 is 13.2 Å². The molecule has 0 saturated carbocycles. The first kappa shape index (κ1) is 22.9. The first-order chi connectivity index (χ1) is 14.6. The van der Waals surface area contributed by atoms with Crippen molar-refractivity contribution in [2.24, 2.45) is 10.2 Å². The number of hydrogen-bond acceptors (Lipinski definition) is 5. The molecule has 31 heavy (non-hydrogen) atoms. The van der Waals surface area contributed by atoms with Crippen molar-refractivity contribution in [2.45, 2.75) is 19.5 Å². The van der Waals surface area contributed by atoms with E-state index in [0.29, 0.717) is 17.7 Å². The molecule has 5 nitrogen and oxygen atoms in total. The molecule has 3 rings (SSSR count). The zero-order valence-electron chi connectivity index (χ0n) is 16.0. The van der Waals surface area contributed by atoms with Crippen molar-refractivity contribution in [2.75, 3.05) is 5.73 Å². The van der Waals surface area contributed by atoms with Crippen molar-refractivity contribution in [3.63, 3.8) is 0 Å². The Kier molecular flexibility index (Phi) is 6.77. The van der Waals surface area contributed by atoms with Gasteiger partial charge in [-0.05, 0) is 46.1 Å². The van der Waals surface area contributed by atoms with Crippen molar-refractivity contribution >= 4 is 49.1 Å². The highest BCUT2D eigenvalue weighted by molar-refractivity contribution is 9.11. The molecule has 0 atom stereocenters. The second kappa shape index (κ2) is 9.16. The van der Waals surface area contributed by atoms with Crippen molar-refractivity contribution in [1.82, 2.24) is 4.98 Å². The number of azo groups is 1. The average molecular weight is 553 g/mol. The largest absolute Gasteiger partial charge is 0.418 e. The number of anilines is 1. The van der Waals surface area contributed by atoms with Crippen molar-refractivity contribution in [3.8, 4) is 6.07 Å². The highest BCUT2D eigenvalue weighted by Crippen LogP contribution is 2.43. The molecule has 158 valence electrons. The molecular weight excluding hydrogens is 539 g/mol. The van der Waals surface area contributed by atoms with Gasteiger partial charge in [0.25, 0.3) is 0 Å². The maximum Gasteiger partial charge on any atom is 0.418 e. The van der Waals surface area contributed by atoms with Gasteiger partial charge >= 0.3 is 6.18 Å². The number of alkyl halides is 3. The standard InChI is InChI=1S/C21H14Br2F3N5/c1-11-14(10-27)17(7-12-5-3-2-4-6-12)29-20(28)18(11)30-31-19-15(21(24,25)26)8-13(22)9-16(19)23/h2-6,8-9H,7H2,1H3,(H2,28,29). The molecule has 2 aromatic carbocycles. The summed E-state index contributed by atoms with van der Waals surface area (Å²) in [5.74, 6) is -0.0204. The lowest BCUT2D eigenvalue weighted by atomic mass is 10.0. The van der Waals surface area contributed by atoms with Gasteiger partial charge in [0, 0.05) is 15.4 Å². The molecule has 2 N–H and O–H groups in total. The monoisotopic (exact) mass is 551 g/mol. The number of hydrogen-bond donors (Lipinski definition) is 1. The second-order valence-electron chi connectivity index (χ2n) is 6.55. The topological polar surface area (TPSA) is 87.4 Å². The molecule has 0 spiro atoms. The normalized spacial score (nSPS) is 11.6. The van der Waals surface area contributed by atoms with Gasteiger partial charge in [-0.15, -0.1) is 10.2 Å². The Balaban J connectivity index is 2.08. The number of halogens is 5. The molecule has 3 aromatic rings. The van der Waals surface area contributed by atoms with Gasteiger partial charge in [-0.25, -0.2) is 4.98 Å². The van der Waals surface area contributed by atoms with Crippen LogP contribution in [0.2, 0.25) is 0 Å². The van der Waals surface area contributed by atoms with E-state index in [9.17, 15) is 18.4 Å². The van der Waals surface area contributed by atoms with E-state index in [1.807, 2.05) is 30.3 Å². The Hall–Kier alpha value is -2.77. The van der Waals surface area contributed by atoms with Crippen LogP contribution in [0.5, 0.6) is 0 Å². The summed E-state index contributed by atoms with van der Waals surface area (Å²) in [6, 6.07) is 13.8. The highest BCUT2D eigenvalue weighted by Gasteiger charge is 2.35. The summed E-state index contributed by atoms with van der Waals surface area (Å²) in [7, 11) is 0. The third kappa shape index (κ3) is 5.11. The average Bonchev–Trinajstić information content (AvgIpc) is 2.69. The van der Waals surface area contributed by atoms with Crippen LogP contribution in [0.1, 0.15) is 27.9 Å². The van der Waals surface area contributed by atoms with Gasteiger partial charge in [-0.2, -0.15) is 18.4 Å². The predicted molar refractivity (Wildman–Crippen MR) is 118 cm³/mol. The van der Waals surface area contributed by atoms with Crippen LogP contribution in [0.25, 0.3) is 0 Å². The van der Waals surface area contributed by atoms with Crippen LogP contribution in [0.15, 0.2) is 61.6 Å². The van der Waals surface area contributed by atoms with Crippen LogP contribution in [-0.2, 0) is 12.6 Å². The first-order valence-electron chi connectivity index (χ1n) is 8.82. The third-order valence-electron chi connectivity index (χ3n) is 4.43. The van der Waals surface area contributed by atoms with E-state index >= 15 is 0 Å². The number of nitrogen functional groups attached to an aromatic ring is 1. The summed E-state index contributed by atoms with van der Waals surface area (Å²) in [6.45, 7) is 1.61. The molecule has 0 aliphatic heterocycles. The minimum atomic E-state index is -4.64. The van der Waals surface area contributed by atoms with Crippen LogP contribution in [0.4, 0.5) is 30.4 Å². The number of nitrogens with two attached hydrogens (primary N) is 1. The van der Waals surface area contributed by atoms with E-state index in [1.165, 1.54) is 6.07 Å². The van der Waals surface area contributed by atoms with E-state index in [2.05, 4.69) is 53.1 Å². The molecule has 0 bridgehead atoms. The minimum Gasteiger partial charge on any atom is -0.382 e. The number of nitriles is 1. The van der Waals surface area contributed by atoms with Crippen LogP contribution >= 0.6 is 31.9 Å². The molecule has 0 saturated heterocycles. The Morgan fingerprint density at radius 1 is 1.10 bits per heavy atom. The van der Waals surface area contributed by atoms with Crippen LogP contribution < -0.4 is 5.73 Å². The molecule has 0 aliphatic rings. The molecule has 0 unspecified atom stereocenters. The zero-order chi connectivity index (χ0) is 22.8. The third-order valence-corrected chi connectivity index (χ3v) is 5.49. The number of rotatable bonds is 4. The Bertz CT molecular complexity index is 1200. The summed E-state index contributed by atoms with van der Waals surface area (Å²) in [5.41, 5.74) is 6.77. The lowest BCUT2D eigenvalue weighted by molar-refractivity contribution is -0.137. The van der Waals surface area contributed by atoms with Gasteiger partial charge in [-0.3, -0.25) is 0 Å². The van der Waals surface area contributed by atoms with Crippen molar-refractivity contribution in [1.29, 1.82) is 5.26 Å². The summed E-state index contributed by atoms with van der Waals surface area (Å²) in [6.07, 6.45) is -4.26. The Labute approximate surface area is 193 Å². The summed E-state index contributed by atoms with van der Waals surface area (Å²) < 4.78 is 40.7. The molecule has 0 aliphatic carbocycles. The highest BCUT2D eigenvalue weighted by atomic mass is 79.9. The first-order valence-corrected chi connectivity index (χ1v) is 10.4. The van der Waals surface area contributed by atoms with E-state index in [4.69, 9.17) is 5.73 Å². The summed E-state index contributed by atoms with van der Waals surface area (Å²) >= 11 is 6.14. The van der Waals surface area contributed by atoms with Gasteiger partial charge in [0.05, 0.1) is 16.8 Å². The van der Waals surface area contributed by atoms with E-state index in [0.717, 1.165) is 11.6 Å². The van der Waals surface area contributed by atoms with Crippen LogP contribution in [0, 0.1) is 18.3 Å². The Morgan fingerprint density at radius 3 is 2.35 bits per heavy atom. The van der Waals surface area contributed by atoms with Crippen LogP contribution in [-0.4, -0.2) is 4.98 Å². The fourth-order valence-electron chi connectivity index (χ4n) is 2.96. The van der Waals surface area contributed by atoms with Gasteiger partial charge in [0.1, 0.15) is 17.4 Å². The van der Waals surface area contributed by atoms with Gasteiger partial charge in [0.15, 0.2) is 5.82 Å². The molecule has 0 fully saturated rings. The van der Waals surface area contributed by atoms with E-state index in [-0.39, 0.29) is 26.0 Å². The fourth-order valence-corrected chi connectivity index (χ4v) is 4.26. The molecule has 0 radical (unpaired) electrons. The molecule has 10 heteroatoms. The van der Waals surface area contributed by atoms with Gasteiger partial charge in [-0.1, -0.05) is 46.3 Å². The zero-order valence-corrected chi connectivity index (χ0v) is 19.2. The smallest absolute Gasteiger partial charge is 0.382 e. The number of benzene rings is 2. The second-order valence-corrected chi connectivity index (χ2v) is 8.32. The lowest BCUT2D eigenvalue weighted by Gasteiger charge is -2.13. The predicted octanol–water partition coefficient (Wildman–Crippen LogP) is 7.39. The number of pyridine rings is 1. The number of nitrogens with zero attached hydrogens (tertiary/aromatic N) is 4. The van der Waals surface area contributed by atoms with Gasteiger partial charge in [0.2, 0.25) is 0 Å². The molecule has 1 heterocycles. The Morgan fingerprint density at radius 2 is 1.74 bits per heavy atom. The van der Waals surface area contributed by atoms with Crippen LogP contribution in [0.3, 0.4) is 0 Å². The van der Waals surface area contributed by atoms with E-state index < -0.39 is 17.4 Å². The molecule has 1 aromatic heterocycles. The van der Waals surface area contributed by atoms with E-state index in [1.54, 1.807) is 6.92 Å². The number of aromatic nitrogens is 1. The maximum absolute atomic E-state index is 13.4. The van der Waals surface area contributed by atoms with Crippen molar-refractivity contribution in [3.05, 3.63) is 79.4 Å². The minimum absolute atomic E-state index is 0.0204. The fraction of sp³-hybridized carbons (Fsp3) is 0.143. The van der Waals surface area contributed by atoms with Gasteiger partial charge < -0.3 is 5.73 Å². The SMILES string of the molecule is Cc1c(C#N)c(Cc2ccccc2)nc(N)c1N=Nc1c(Br)cc(Br)cc1C(F)(F)F. The molecule has 0 amide bonds. The maximum atomic E-state index is 13.4. The lowest BCUT2D eigenvalue weighted by Crippen LogP contribution is -2.06. The quantitative estimate of drug-likeness (QED) is 0.342. The summed E-state index contributed by atoms with van der Waals surface area (Å²) in [4.78, 5) is 4.28.